The van der Waals surface area contributed by atoms with Gasteiger partial charge in [0.2, 0.25) is 0 Å². The van der Waals surface area contributed by atoms with Crippen LogP contribution in [-0.2, 0) is 9.47 Å². The Hall–Kier alpha value is -3.06. The number of fused-ring (bicyclic) bond motifs is 3. The van der Waals surface area contributed by atoms with Crippen LogP contribution >= 0.6 is 0 Å². The molecular formula is C26H32N2O5. The lowest BCUT2D eigenvalue weighted by Crippen LogP contribution is -2.62. The first kappa shape index (κ1) is 23.1. The number of likely N-dealkylation sites (tertiary alicyclic amines) is 1. The highest BCUT2D eigenvalue weighted by Gasteiger charge is 2.40. The lowest BCUT2D eigenvalue weighted by atomic mass is 9.90. The van der Waals surface area contributed by atoms with E-state index in [0.717, 1.165) is 22.3 Å². The zero-order valence-electron chi connectivity index (χ0n) is 19.5. The Kier molecular flexibility index (Phi) is 6.34. The van der Waals surface area contributed by atoms with Gasteiger partial charge >= 0.3 is 12.2 Å². The maximum Gasteiger partial charge on any atom is 0.410 e. The topological polar surface area (TPSA) is 88.1 Å². The third kappa shape index (κ3) is 4.98. The van der Waals surface area contributed by atoms with Crippen molar-refractivity contribution >= 4 is 12.2 Å². The van der Waals surface area contributed by atoms with E-state index in [9.17, 15) is 14.7 Å². The molecule has 1 heterocycles. The highest BCUT2D eigenvalue weighted by atomic mass is 16.6. The third-order valence-corrected chi connectivity index (χ3v) is 6.24. The monoisotopic (exact) mass is 452 g/mol. The number of alkyl carbamates (subject to hydrolysis) is 1. The van der Waals surface area contributed by atoms with Crippen molar-refractivity contribution < 1.29 is 24.2 Å². The van der Waals surface area contributed by atoms with E-state index in [-0.39, 0.29) is 25.7 Å². The van der Waals surface area contributed by atoms with Gasteiger partial charge in [-0.05, 0) is 55.9 Å². The molecule has 1 atom stereocenters. The standard InChI is InChI=1S/C26H32N2O5/c1-25(2,3)33-24(31)28-14-8-13-26(16-28,17-29)27-23(30)32-15-22-20-11-6-4-9-18(20)19-10-5-7-12-21(19)22/h4-7,9-12,22,29H,8,13-17H2,1-3H3,(H,27,30). The predicted molar refractivity (Wildman–Crippen MR) is 125 cm³/mol. The van der Waals surface area contributed by atoms with Crippen molar-refractivity contribution in [3.63, 3.8) is 0 Å². The number of piperidine rings is 1. The van der Waals surface area contributed by atoms with Gasteiger partial charge in [-0.15, -0.1) is 0 Å². The zero-order valence-corrected chi connectivity index (χ0v) is 19.5. The predicted octanol–water partition coefficient (Wildman–Crippen LogP) is 4.29. The Morgan fingerprint density at radius 1 is 1.09 bits per heavy atom. The van der Waals surface area contributed by atoms with Gasteiger partial charge in [0.05, 0.1) is 12.1 Å². The SMILES string of the molecule is CC(C)(C)OC(=O)N1CCCC(CO)(NC(=O)OCC2c3ccccc3-c3ccccc32)C1. The number of aliphatic hydroxyl groups excluding tert-OH is 1. The molecule has 0 bridgehead atoms. The van der Waals surface area contributed by atoms with Gasteiger partial charge in [0.25, 0.3) is 0 Å². The number of nitrogens with zero attached hydrogens (tertiary/aromatic N) is 1. The molecule has 7 nitrogen and oxygen atoms in total. The number of aliphatic hydroxyl groups is 1. The fourth-order valence-electron chi connectivity index (χ4n) is 4.74. The average molecular weight is 453 g/mol. The number of benzene rings is 2. The number of ether oxygens (including phenoxy) is 2. The molecule has 0 saturated carbocycles. The summed E-state index contributed by atoms with van der Waals surface area (Å²) >= 11 is 0. The van der Waals surface area contributed by atoms with Crippen LogP contribution in [0.3, 0.4) is 0 Å². The van der Waals surface area contributed by atoms with Gasteiger partial charge in [0, 0.05) is 19.0 Å². The summed E-state index contributed by atoms with van der Waals surface area (Å²) in [6, 6.07) is 16.3. The van der Waals surface area contributed by atoms with E-state index in [1.54, 1.807) is 0 Å². The molecule has 0 aromatic heterocycles. The molecule has 33 heavy (non-hydrogen) atoms. The molecule has 0 radical (unpaired) electrons. The summed E-state index contributed by atoms with van der Waals surface area (Å²) in [4.78, 5) is 26.8. The van der Waals surface area contributed by atoms with Crippen molar-refractivity contribution in [3.8, 4) is 11.1 Å². The Bertz CT molecular complexity index is 986. The fraction of sp³-hybridized carbons (Fsp3) is 0.462. The van der Waals surface area contributed by atoms with E-state index in [4.69, 9.17) is 9.47 Å². The Labute approximate surface area is 194 Å². The molecule has 1 unspecified atom stereocenters. The van der Waals surface area contributed by atoms with Gasteiger partial charge in [0.1, 0.15) is 12.2 Å². The van der Waals surface area contributed by atoms with Gasteiger partial charge in [0.15, 0.2) is 0 Å². The van der Waals surface area contributed by atoms with E-state index in [2.05, 4.69) is 29.6 Å². The molecule has 1 aliphatic carbocycles. The maximum absolute atomic E-state index is 12.8. The average Bonchev–Trinajstić information content (AvgIpc) is 3.10. The van der Waals surface area contributed by atoms with E-state index in [0.29, 0.717) is 19.4 Å². The van der Waals surface area contributed by atoms with E-state index in [1.807, 2.05) is 45.0 Å². The molecule has 2 aromatic rings. The van der Waals surface area contributed by atoms with E-state index in [1.165, 1.54) is 4.90 Å². The lowest BCUT2D eigenvalue weighted by molar-refractivity contribution is 0.00298. The van der Waals surface area contributed by atoms with Gasteiger partial charge < -0.3 is 24.8 Å². The number of hydrogen-bond acceptors (Lipinski definition) is 5. The number of carbonyl (C=O) groups is 2. The molecule has 2 aromatic carbocycles. The van der Waals surface area contributed by atoms with Crippen molar-refractivity contribution in [1.82, 2.24) is 10.2 Å². The Balaban J connectivity index is 1.41. The number of hydrogen-bond donors (Lipinski definition) is 2. The van der Waals surface area contributed by atoms with Gasteiger partial charge in [-0.25, -0.2) is 9.59 Å². The number of nitrogens with one attached hydrogen (secondary N) is 1. The van der Waals surface area contributed by atoms with Crippen LogP contribution in [-0.4, -0.2) is 59.6 Å². The molecule has 1 aliphatic heterocycles. The summed E-state index contributed by atoms with van der Waals surface area (Å²) in [6.07, 6.45) is 0.141. The maximum atomic E-state index is 12.8. The molecule has 2 amide bonds. The van der Waals surface area contributed by atoms with Crippen LogP contribution in [0.4, 0.5) is 9.59 Å². The van der Waals surface area contributed by atoms with Crippen LogP contribution in [0.5, 0.6) is 0 Å². The number of amides is 2. The zero-order chi connectivity index (χ0) is 23.6. The molecule has 4 rings (SSSR count). The second-order valence-electron chi connectivity index (χ2n) is 9.89. The summed E-state index contributed by atoms with van der Waals surface area (Å²) in [6.45, 7) is 6.01. The van der Waals surface area contributed by atoms with E-state index >= 15 is 0 Å². The smallest absolute Gasteiger partial charge is 0.410 e. The molecule has 176 valence electrons. The molecule has 2 aliphatic rings. The molecular weight excluding hydrogens is 420 g/mol. The molecule has 2 N–H and O–H groups in total. The van der Waals surface area contributed by atoms with Crippen LogP contribution in [0.25, 0.3) is 11.1 Å². The van der Waals surface area contributed by atoms with Crippen LogP contribution in [0.1, 0.15) is 50.7 Å². The first-order valence-corrected chi connectivity index (χ1v) is 11.4. The van der Waals surface area contributed by atoms with Crippen molar-refractivity contribution in [2.75, 3.05) is 26.3 Å². The van der Waals surface area contributed by atoms with Crippen LogP contribution < -0.4 is 5.32 Å². The highest BCUT2D eigenvalue weighted by molar-refractivity contribution is 5.79. The number of rotatable bonds is 4. The molecule has 7 heteroatoms. The Morgan fingerprint density at radius 2 is 1.70 bits per heavy atom. The van der Waals surface area contributed by atoms with E-state index < -0.39 is 23.3 Å². The summed E-state index contributed by atoms with van der Waals surface area (Å²) < 4.78 is 11.1. The van der Waals surface area contributed by atoms with Gasteiger partial charge in [-0.1, -0.05) is 48.5 Å². The second-order valence-corrected chi connectivity index (χ2v) is 9.89. The number of carbonyl (C=O) groups excluding carboxylic acids is 2. The minimum atomic E-state index is -0.961. The van der Waals surface area contributed by atoms with Crippen molar-refractivity contribution in [1.29, 1.82) is 0 Å². The highest BCUT2D eigenvalue weighted by Crippen LogP contribution is 2.44. The molecule has 1 fully saturated rings. The summed E-state index contributed by atoms with van der Waals surface area (Å²) in [5.41, 5.74) is 3.02. The first-order valence-electron chi connectivity index (χ1n) is 11.4. The van der Waals surface area contributed by atoms with Crippen LogP contribution in [0.15, 0.2) is 48.5 Å². The third-order valence-electron chi connectivity index (χ3n) is 6.24. The van der Waals surface area contributed by atoms with Crippen molar-refractivity contribution in [2.45, 2.75) is 50.7 Å². The van der Waals surface area contributed by atoms with Gasteiger partial charge in [-0.3, -0.25) is 0 Å². The van der Waals surface area contributed by atoms with Crippen LogP contribution in [0, 0.1) is 0 Å². The minimum Gasteiger partial charge on any atom is -0.449 e. The normalized spacial score (nSPS) is 20.1. The summed E-state index contributed by atoms with van der Waals surface area (Å²) in [5.74, 6) is -0.0437. The molecule has 0 spiro atoms. The summed E-state index contributed by atoms with van der Waals surface area (Å²) in [7, 11) is 0. The van der Waals surface area contributed by atoms with Gasteiger partial charge in [-0.2, -0.15) is 0 Å². The minimum absolute atomic E-state index is 0.0437. The second kappa shape index (κ2) is 9.06. The lowest BCUT2D eigenvalue weighted by Gasteiger charge is -2.42. The van der Waals surface area contributed by atoms with Crippen molar-refractivity contribution in [3.05, 3.63) is 59.7 Å². The summed E-state index contributed by atoms with van der Waals surface area (Å²) in [5, 5.41) is 13.0. The quantitative estimate of drug-likeness (QED) is 0.723. The fourth-order valence-corrected chi connectivity index (χ4v) is 4.74. The Morgan fingerprint density at radius 3 is 2.27 bits per heavy atom. The van der Waals surface area contributed by atoms with Crippen LogP contribution in [0.2, 0.25) is 0 Å². The largest absolute Gasteiger partial charge is 0.449 e. The molecule has 1 saturated heterocycles. The first-order chi connectivity index (χ1) is 15.7. The van der Waals surface area contributed by atoms with Crippen molar-refractivity contribution in [2.24, 2.45) is 0 Å².